The van der Waals surface area contributed by atoms with Crippen molar-refractivity contribution in [3.05, 3.63) is 90.0 Å². The predicted molar refractivity (Wildman–Crippen MR) is 118 cm³/mol. The van der Waals surface area contributed by atoms with E-state index in [2.05, 4.69) is 101 Å². The molecule has 0 atom stereocenters. The van der Waals surface area contributed by atoms with Crippen LogP contribution in [0.2, 0.25) is 0 Å². The van der Waals surface area contributed by atoms with Crippen molar-refractivity contribution in [2.45, 2.75) is 13.1 Å². The number of para-hydroxylation sites is 1. The molecule has 0 bridgehead atoms. The number of benzene rings is 3. The largest absolute Gasteiger partial charge is 0.381 e. The first-order valence-electron chi connectivity index (χ1n) is 9.65. The number of hydrogen-bond acceptors (Lipinski definition) is 3. The minimum Gasteiger partial charge on any atom is -0.381 e. The number of nitrogens with zero attached hydrogens (tertiary/aromatic N) is 1. The Balaban J connectivity index is 1.40. The van der Waals surface area contributed by atoms with Gasteiger partial charge in [0.2, 0.25) is 0 Å². The minimum absolute atomic E-state index is 0.849. The smallest absolute Gasteiger partial charge is 0.0400 e. The molecule has 0 unspecified atom stereocenters. The van der Waals surface area contributed by atoms with E-state index < -0.39 is 0 Å². The van der Waals surface area contributed by atoms with Gasteiger partial charge in [0.1, 0.15) is 0 Å². The van der Waals surface area contributed by atoms with Gasteiger partial charge >= 0.3 is 0 Å². The molecular formula is C24H26N2S. The zero-order valence-corrected chi connectivity index (χ0v) is 16.4. The third-order valence-corrected chi connectivity index (χ3v) is 6.00. The SMILES string of the molecule is c1ccc(-c2ccc(CNc3ccccc3CN3CCSCC3)cc2)cc1. The van der Waals surface area contributed by atoms with Gasteiger partial charge in [-0.05, 0) is 28.3 Å². The van der Waals surface area contributed by atoms with Crippen LogP contribution in [0.1, 0.15) is 11.1 Å². The Morgan fingerprint density at radius 3 is 2.19 bits per heavy atom. The Kier molecular flexibility index (Phi) is 6.13. The number of anilines is 1. The van der Waals surface area contributed by atoms with Crippen LogP contribution in [-0.2, 0) is 13.1 Å². The highest BCUT2D eigenvalue weighted by Crippen LogP contribution is 2.22. The third kappa shape index (κ3) is 4.94. The molecular weight excluding hydrogens is 348 g/mol. The maximum atomic E-state index is 3.65. The van der Waals surface area contributed by atoms with Crippen LogP contribution in [0, 0.1) is 0 Å². The first-order valence-corrected chi connectivity index (χ1v) is 10.8. The van der Waals surface area contributed by atoms with Crippen LogP contribution < -0.4 is 5.32 Å². The van der Waals surface area contributed by atoms with Crippen LogP contribution >= 0.6 is 11.8 Å². The van der Waals surface area contributed by atoms with Gasteiger partial charge in [-0.3, -0.25) is 4.90 Å². The second kappa shape index (κ2) is 9.12. The van der Waals surface area contributed by atoms with Gasteiger partial charge in [0, 0.05) is 43.4 Å². The number of nitrogens with one attached hydrogen (secondary N) is 1. The monoisotopic (exact) mass is 374 g/mol. The summed E-state index contributed by atoms with van der Waals surface area (Å²) in [7, 11) is 0. The average Bonchev–Trinajstić information content (AvgIpc) is 2.75. The van der Waals surface area contributed by atoms with Gasteiger partial charge in [0.25, 0.3) is 0 Å². The quantitative estimate of drug-likeness (QED) is 0.612. The third-order valence-electron chi connectivity index (χ3n) is 5.06. The van der Waals surface area contributed by atoms with E-state index in [1.807, 2.05) is 0 Å². The lowest BCUT2D eigenvalue weighted by Gasteiger charge is -2.27. The van der Waals surface area contributed by atoms with Crippen molar-refractivity contribution in [2.24, 2.45) is 0 Å². The molecule has 1 aliphatic rings. The molecule has 138 valence electrons. The molecule has 2 nitrogen and oxygen atoms in total. The molecule has 0 amide bonds. The number of rotatable bonds is 6. The van der Waals surface area contributed by atoms with E-state index in [1.165, 1.54) is 52.5 Å². The van der Waals surface area contributed by atoms with Crippen molar-refractivity contribution in [2.75, 3.05) is 29.9 Å². The van der Waals surface area contributed by atoms with E-state index >= 15 is 0 Å². The Hall–Kier alpha value is -2.23. The zero-order valence-electron chi connectivity index (χ0n) is 15.6. The molecule has 1 aliphatic heterocycles. The van der Waals surface area contributed by atoms with E-state index in [9.17, 15) is 0 Å². The van der Waals surface area contributed by atoms with Gasteiger partial charge in [-0.15, -0.1) is 0 Å². The highest BCUT2D eigenvalue weighted by Gasteiger charge is 2.12. The van der Waals surface area contributed by atoms with Gasteiger partial charge in [-0.1, -0.05) is 72.8 Å². The lowest BCUT2D eigenvalue weighted by molar-refractivity contribution is 0.295. The summed E-state index contributed by atoms with van der Waals surface area (Å²) in [6.07, 6.45) is 0. The molecule has 1 heterocycles. The molecule has 3 aromatic rings. The highest BCUT2D eigenvalue weighted by molar-refractivity contribution is 7.99. The van der Waals surface area contributed by atoms with E-state index in [1.54, 1.807) is 0 Å². The predicted octanol–water partition coefficient (Wildman–Crippen LogP) is 5.51. The standard InChI is InChI=1S/C24H26N2S/c1-2-6-21(7-3-1)22-12-10-20(11-13-22)18-25-24-9-5-4-8-23(24)19-26-14-16-27-17-15-26/h1-13,25H,14-19H2. The van der Waals surface area contributed by atoms with E-state index in [0.717, 1.165) is 13.1 Å². The van der Waals surface area contributed by atoms with Crippen LogP contribution in [0.3, 0.4) is 0 Å². The van der Waals surface area contributed by atoms with Crippen LogP contribution in [0.25, 0.3) is 11.1 Å². The molecule has 4 rings (SSSR count). The first-order chi connectivity index (χ1) is 13.4. The van der Waals surface area contributed by atoms with Crippen LogP contribution in [0.5, 0.6) is 0 Å². The summed E-state index contributed by atoms with van der Waals surface area (Å²) in [6.45, 7) is 4.28. The number of hydrogen-bond donors (Lipinski definition) is 1. The topological polar surface area (TPSA) is 15.3 Å². The first kappa shape index (κ1) is 18.1. The average molecular weight is 375 g/mol. The molecule has 0 aliphatic carbocycles. The van der Waals surface area contributed by atoms with Gasteiger partial charge in [-0.2, -0.15) is 11.8 Å². The molecule has 3 heteroatoms. The van der Waals surface area contributed by atoms with Crippen molar-refractivity contribution in [1.82, 2.24) is 4.90 Å². The molecule has 0 aromatic heterocycles. The Bertz CT molecular complexity index is 840. The molecule has 1 saturated heterocycles. The summed E-state index contributed by atoms with van der Waals surface area (Å²) in [4.78, 5) is 2.56. The molecule has 1 N–H and O–H groups in total. The van der Waals surface area contributed by atoms with Crippen molar-refractivity contribution in [3.63, 3.8) is 0 Å². The van der Waals surface area contributed by atoms with Crippen molar-refractivity contribution >= 4 is 17.4 Å². The molecule has 0 radical (unpaired) electrons. The van der Waals surface area contributed by atoms with Crippen molar-refractivity contribution < 1.29 is 0 Å². The zero-order chi connectivity index (χ0) is 18.3. The summed E-state index contributed by atoms with van der Waals surface area (Å²) >= 11 is 2.06. The second-order valence-electron chi connectivity index (χ2n) is 6.96. The molecule has 1 fully saturated rings. The fraction of sp³-hybridized carbons (Fsp3) is 0.250. The van der Waals surface area contributed by atoms with Gasteiger partial charge < -0.3 is 5.32 Å². The fourth-order valence-corrected chi connectivity index (χ4v) is 4.45. The van der Waals surface area contributed by atoms with E-state index in [0.29, 0.717) is 0 Å². The Morgan fingerprint density at radius 1 is 0.741 bits per heavy atom. The lowest BCUT2D eigenvalue weighted by Crippen LogP contribution is -2.32. The summed E-state index contributed by atoms with van der Waals surface area (Å²) in [5.41, 5.74) is 6.48. The van der Waals surface area contributed by atoms with E-state index in [4.69, 9.17) is 0 Å². The summed E-state index contributed by atoms with van der Waals surface area (Å²) in [5.74, 6) is 2.51. The van der Waals surface area contributed by atoms with Crippen LogP contribution in [0.15, 0.2) is 78.9 Å². The van der Waals surface area contributed by atoms with Gasteiger partial charge in [0.15, 0.2) is 0 Å². The molecule has 3 aromatic carbocycles. The van der Waals surface area contributed by atoms with Crippen LogP contribution in [0.4, 0.5) is 5.69 Å². The summed E-state index contributed by atoms with van der Waals surface area (Å²) in [6, 6.07) is 28.1. The molecule has 0 spiro atoms. The second-order valence-corrected chi connectivity index (χ2v) is 8.19. The van der Waals surface area contributed by atoms with E-state index in [-0.39, 0.29) is 0 Å². The normalized spacial score (nSPS) is 14.8. The minimum atomic E-state index is 0.849. The molecule has 27 heavy (non-hydrogen) atoms. The van der Waals surface area contributed by atoms with Crippen molar-refractivity contribution in [1.29, 1.82) is 0 Å². The number of thioether (sulfide) groups is 1. The van der Waals surface area contributed by atoms with Crippen molar-refractivity contribution in [3.8, 4) is 11.1 Å². The maximum Gasteiger partial charge on any atom is 0.0400 e. The van der Waals surface area contributed by atoms with Gasteiger partial charge in [-0.25, -0.2) is 0 Å². The van der Waals surface area contributed by atoms with Crippen LogP contribution in [-0.4, -0.2) is 29.5 Å². The Labute approximate surface area is 166 Å². The summed E-state index contributed by atoms with van der Waals surface area (Å²) in [5, 5.41) is 3.65. The highest BCUT2D eigenvalue weighted by atomic mass is 32.2. The lowest BCUT2D eigenvalue weighted by atomic mass is 10.0. The van der Waals surface area contributed by atoms with Gasteiger partial charge in [0.05, 0.1) is 0 Å². The summed E-state index contributed by atoms with van der Waals surface area (Å²) < 4.78 is 0. The maximum absolute atomic E-state index is 3.65. The Morgan fingerprint density at radius 2 is 1.41 bits per heavy atom. The fourth-order valence-electron chi connectivity index (χ4n) is 3.47. The molecule has 0 saturated carbocycles.